The minimum Gasteiger partial charge on any atom is -0.109 e. The summed E-state index contributed by atoms with van der Waals surface area (Å²) in [6, 6.07) is 24.6. The Labute approximate surface area is 139 Å². The summed E-state index contributed by atoms with van der Waals surface area (Å²) in [6.07, 6.45) is 2.26. The van der Waals surface area contributed by atoms with Gasteiger partial charge in [0.15, 0.2) is 0 Å². The molecule has 114 valence electrons. The minimum atomic E-state index is 0.0642. The van der Waals surface area contributed by atoms with E-state index in [2.05, 4.69) is 80.1 Å². The topological polar surface area (TPSA) is 0 Å². The smallest absolute Gasteiger partial charge is 0.000728 e. The van der Waals surface area contributed by atoms with Gasteiger partial charge in [0.1, 0.15) is 0 Å². The summed E-state index contributed by atoms with van der Waals surface area (Å²) in [4.78, 5) is 0. The standard InChI is InChI=1S/C22H21P/c1-23(2)15-17-9-4-6-11-19(17)21-13-7-12-20-18-10-5-3-8-16(18)14-22(20)21/h3-13H,14-15H2,1-2H3. The number of hydrogen-bond donors (Lipinski definition) is 0. The van der Waals surface area contributed by atoms with Crippen LogP contribution in [-0.4, -0.2) is 13.3 Å². The Morgan fingerprint density at radius 1 is 0.696 bits per heavy atom. The molecule has 0 saturated heterocycles. The first kappa shape index (κ1) is 14.7. The molecule has 0 saturated carbocycles. The van der Waals surface area contributed by atoms with Gasteiger partial charge in [0.05, 0.1) is 0 Å². The maximum absolute atomic E-state index is 2.36. The summed E-state index contributed by atoms with van der Waals surface area (Å²) >= 11 is 0. The predicted octanol–water partition coefficient (Wildman–Crippen LogP) is 6.17. The SMILES string of the molecule is CP(C)Cc1ccccc1-c1cccc2c1Cc1ccccc1-2. The monoisotopic (exact) mass is 316 g/mol. The van der Waals surface area contributed by atoms with Crippen LogP contribution < -0.4 is 0 Å². The molecule has 23 heavy (non-hydrogen) atoms. The van der Waals surface area contributed by atoms with E-state index in [-0.39, 0.29) is 7.92 Å². The first-order valence-corrected chi connectivity index (χ1v) is 10.6. The van der Waals surface area contributed by atoms with E-state index in [0.717, 1.165) is 6.42 Å². The van der Waals surface area contributed by atoms with Crippen molar-refractivity contribution < 1.29 is 0 Å². The van der Waals surface area contributed by atoms with Crippen LogP contribution in [0.5, 0.6) is 0 Å². The maximum atomic E-state index is 2.36. The largest absolute Gasteiger partial charge is 0.109 e. The zero-order valence-electron chi connectivity index (χ0n) is 13.7. The first-order valence-electron chi connectivity index (χ1n) is 8.17. The fraction of sp³-hybridized carbons (Fsp3) is 0.182. The molecule has 0 bridgehead atoms. The molecule has 1 aliphatic carbocycles. The minimum absolute atomic E-state index is 0.0642. The van der Waals surface area contributed by atoms with Crippen LogP contribution in [0.1, 0.15) is 16.7 Å². The quantitative estimate of drug-likeness (QED) is 0.397. The van der Waals surface area contributed by atoms with Gasteiger partial charge in [0.2, 0.25) is 0 Å². The van der Waals surface area contributed by atoms with Gasteiger partial charge in [-0.2, -0.15) is 0 Å². The molecule has 4 rings (SSSR count). The van der Waals surface area contributed by atoms with E-state index in [1.807, 2.05) is 0 Å². The van der Waals surface area contributed by atoms with E-state index in [1.54, 1.807) is 0 Å². The van der Waals surface area contributed by atoms with Crippen molar-refractivity contribution in [2.24, 2.45) is 0 Å². The predicted molar refractivity (Wildman–Crippen MR) is 103 cm³/mol. The first-order chi connectivity index (χ1) is 11.2. The molecule has 0 aliphatic heterocycles. The second-order valence-corrected chi connectivity index (χ2v) is 9.04. The summed E-state index contributed by atoms with van der Waals surface area (Å²) < 4.78 is 0. The van der Waals surface area contributed by atoms with Crippen molar-refractivity contribution in [3.05, 3.63) is 83.4 Å². The molecule has 0 fully saturated rings. The highest BCUT2D eigenvalue weighted by atomic mass is 31.1. The summed E-state index contributed by atoms with van der Waals surface area (Å²) in [5, 5.41) is 0. The van der Waals surface area contributed by atoms with Crippen molar-refractivity contribution in [3.8, 4) is 22.3 Å². The molecular formula is C22H21P. The lowest BCUT2D eigenvalue weighted by Gasteiger charge is -2.15. The van der Waals surface area contributed by atoms with Crippen LogP contribution in [0.25, 0.3) is 22.3 Å². The van der Waals surface area contributed by atoms with Crippen molar-refractivity contribution in [2.75, 3.05) is 13.3 Å². The number of benzene rings is 3. The third kappa shape index (κ3) is 2.62. The molecule has 0 radical (unpaired) electrons. The zero-order chi connectivity index (χ0) is 15.8. The summed E-state index contributed by atoms with van der Waals surface area (Å²) in [5.74, 6) is 0. The molecule has 3 aromatic carbocycles. The van der Waals surface area contributed by atoms with E-state index < -0.39 is 0 Å². The van der Waals surface area contributed by atoms with Crippen molar-refractivity contribution in [1.82, 2.24) is 0 Å². The lowest BCUT2D eigenvalue weighted by atomic mass is 9.93. The molecule has 0 atom stereocenters. The van der Waals surface area contributed by atoms with Crippen molar-refractivity contribution in [1.29, 1.82) is 0 Å². The van der Waals surface area contributed by atoms with Gasteiger partial charge in [-0.15, -0.1) is 7.92 Å². The van der Waals surface area contributed by atoms with Gasteiger partial charge in [0.25, 0.3) is 0 Å². The van der Waals surface area contributed by atoms with Gasteiger partial charge < -0.3 is 0 Å². The number of fused-ring (bicyclic) bond motifs is 3. The molecular weight excluding hydrogens is 295 g/mol. The third-order valence-electron chi connectivity index (χ3n) is 4.64. The van der Waals surface area contributed by atoms with Crippen LogP contribution in [0.3, 0.4) is 0 Å². The second-order valence-electron chi connectivity index (χ2n) is 6.56. The average Bonchev–Trinajstić information content (AvgIpc) is 2.94. The highest BCUT2D eigenvalue weighted by Gasteiger charge is 2.21. The molecule has 0 amide bonds. The van der Waals surface area contributed by atoms with Crippen molar-refractivity contribution in [3.63, 3.8) is 0 Å². The maximum Gasteiger partial charge on any atom is -0.000728 e. The third-order valence-corrected chi connectivity index (χ3v) is 5.62. The van der Waals surface area contributed by atoms with E-state index in [1.165, 1.54) is 45.1 Å². The van der Waals surface area contributed by atoms with E-state index in [9.17, 15) is 0 Å². The second kappa shape index (κ2) is 5.95. The van der Waals surface area contributed by atoms with Crippen LogP contribution in [-0.2, 0) is 12.6 Å². The Bertz CT molecular complexity index is 861. The normalized spacial score (nSPS) is 12.3. The molecule has 0 heterocycles. The van der Waals surface area contributed by atoms with Crippen LogP contribution in [0, 0.1) is 0 Å². The lowest BCUT2D eigenvalue weighted by molar-refractivity contribution is 1.26. The summed E-state index contributed by atoms with van der Waals surface area (Å²) in [5.41, 5.74) is 10.1. The van der Waals surface area contributed by atoms with E-state index in [0.29, 0.717) is 0 Å². The van der Waals surface area contributed by atoms with Gasteiger partial charge in [-0.3, -0.25) is 0 Å². The van der Waals surface area contributed by atoms with Gasteiger partial charge >= 0.3 is 0 Å². The van der Waals surface area contributed by atoms with Gasteiger partial charge in [-0.1, -0.05) is 66.7 Å². The zero-order valence-corrected chi connectivity index (χ0v) is 14.6. The van der Waals surface area contributed by atoms with Crippen molar-refractivity contribution in [2.45, 2.75) is 12.6 Å². The Balaban J connectivity index is 1.87. The van der Waals surface area contributed by atoms with Crippen LogP contribution >= 0.6 is 7.92 Å². The molecule has 3 aromatic rings. The molecule has 0 N–H and O–H groups in total. The van der Waals surface area contributed by atoms with Crippen molar-refractivity contribution >= 4 is 7.92 Å². The highest BCUT2D eigenvalue weighted by molar-refractivity contribution is 7.55. The van der Waals surface area contributed by atoms with Crippen LogP contribution in [0.15, 0.2) is 66.7 Å². The van der Waals surface area contributed by atoms with Gasteiger partial charge in [0, 0.05) is 0 Å². The fourth-order valence-corrected chi connectivity index (χ4v) is 4.63. The summed E-state index contributed by atoms with van der Waals surface area (Å²) in [6.45, 7) is 4.72. The summed E-state index contributed by atoms with van der Waals surface area (Å²) in [7, 11) is 0.0642. The Kier molecular flexibility index (Phi) is 3.79. The average molecular weight is 316 g/mol. The van der Waals surface area contributed by atoms with Crippen LogP contribution in [0.4, 0.5) is 0 Å². The Hall–Kier alpha value is -1.91. The van der Waals surface area contributed by atoms with Crippen LogP contribution in [0.2, 0.25) is 0 Å². The Morgan fingerprint density at radius 2 is 1.30 bits per heavy atom. The molecule has 0 nitrogen and oxygen atoms in total. The van der Waals surface area contributed by atoms with E-state index in [4.69, 9.17) is 0 Å². The molecule has 0 aromatic heterocycles. The number of hydrogen-bond acceptors (Lipinski definition) is 0. The lowest BCUT2D eigenvalue weighted by Crippen LogP contribution is -1.93. The Morgan fingerprint density at radius 3 is 2.09 bits per heavy atom. The van der Waals surface area contributed by atoms with Gasteiger partial charge in [-0.05, 0) is 64.9 Å². The molecule has 0 spiro atoms. The van der Waals surface area contributed by atoms with Gasteiger partial charge in [-0.25, -0.2) is 0 Å². The molecule has 0 unspecified atom stereocenters. The highest BCUT2D eigenvalue weighted by Crippen LogP contribution is 2.43. The number of rotatable bonds is 3. The molecule has 1 aliphatic rings. The van der Waals surface area contributed by atoms with E-state index >= 15 is 0 Å². The fourth-order valence-electron chi connectivity index (χ4n) is 3.67. The molecule has 1 heteroatoms.